The van der Waals surface area contributed by atoms with Gasteiger partial charge in [0.1, 0.15) is 0 Å². The Morgan fingerprint density at radius 1 is 1.03 bits per heavy atom. The smallest absolute Gasteiger partial charge is 0.271 e. The van der Waals surface area contributed by atoms with Gasteiger partial charge in [0.25, 0.3) is 11.6 Å². The van der Waals surface area contributed by atoms with E-state index < -0.39 is 4.92 Å². The number of hydrogen-bond donors (Lipinski definition) is 2. The average molecular weight is 456 g/mol. The van der Waals surface area contributed by atoms with Gasteiger partial charge in [-0.3, -0.25) is 19.7 Å². The van der Waals surface area contributed by atoms with Crippen molar-refractivity contribution in [2.24, 2.45) is 0 Å². The number of nitrogens with one attached hydrogen (secondary N) is 2. The number of rotatable bonds is 7. The van der Waals surface area contributed by atoms with Crippen molar-refractivity contribution < 1.29 is 14.5 Å². The molecule has 3 aromatic carbocycles. The summed E-state index contributed by atoms with van der Waals surface area (Å²) in [6, 6.07) is 18.1. The van der Waals surface area contributed by atoms with Crippen LogP contribution in [0, 0.1) is 17.0 Å². The number of anilines is 2. The molecule has 0 aliphatic rings. The van der Waals surface area contributed by atoms with Crippen molar-refractivity contribution in [3.63, 3.8) is 0 Å². The van der Waals surface area contributed by atoms with Crippen LogP contribution in [0.15, 0.2) is 71.6 Å². The summed E-state index contributed by atoms with van der Waals surface area (Å²) >= 11 is 7.22. The molecule has 0 saturated heterocycles. The van der Waals surface area contributed by atoms with Crippen molar-refractivity contribution in [2.75, 3.05) is 16.4 Å². The molecule has 0 unspecified atom stereocenters. The van der Waals surface area contributed by atoms with Gasteiger partial charge < -0.3 is 10.6 Å². The minimum Gasteiger partial charge on any atom is -0.325 e. The zero-order chi connectivity index (χ0) is 22.4. The van der Waals surface area contributed by atoms with E-state index in [-0.39, 0.29) is 23.3 Å². The molecule has 0 aliphatic carbocycles. The lowest BCUT2D eigenvalue weighted by atomic mass is 10.2. The lowest BCUT2D eigenvalue weighted by molar-refractivity contribution is -0.384. The normalized spacial score (nSPS) is 10.4. The molecule has 31 heavy (non-hydrogen) atoms. The lowest BCUT2D eigenvalue weighted by Gasteiger charge is -2.09. The van der Waals surface area contributed by atoms with Gasteiger partial charge in [0, 0.05) is 33.3 Å². The van der Waals surface area contributed by atoms with Gasteiger partial charge in [0.05, 0.1) is 16.4 Å². The van der Waals surface area contributed by atoms with E-state index in [9.17, 15) is 19.7 Å². The van der Waals surface area contributed by atoms with Crippen molar-refractivity contribution in [2.45, 2.75) is 11.8 Å². The molecule has 0 bridgehead atoms. The third-order valence-electron chi connectivity index (χ3n) is 4.27. The predicted octanol–water partition coefficient (Wildman–Crippen LogP) is 5.54. The monoisotopic (exact) mass is 455 g/mol. The number of nitro groups is 1. The van der Waals surface area contributed by atoms with Gasteiger partial charge in [-0.15, -0.1) is 11.8 Å². The number of benzene rings is 3. The van der Waals surface area contributed by atoms with Gasteiger partial charge >= 0.3 is 0 Å². The van der Waals surface area contributed by atoms with Crippen molar-refractivity contribution in [1.29, 1.82) is 0 Å². The molecule has 0 atom stereocenters. The number of amides is 2. The fourth-order valence-electron chi connectivity index (χ4n) is 2.66. The molecule has 0 aromatic heterocycles. The second-order valence-corrected chi connectivity index (χ2v) is 8.07. The van der Waals surface area contributed by atoms with Crippen LogP contribution in [0.5, 0.6) is 0 Å². The Balaban J connectivity index is 1.54. The SMILES string of the molecule is Cc1ccc([N+](=O)[O-])cc1NC(=O)CSc1ccc(NC(=O)c2cccc(Cl)c2)cc1. The van der Waals surface area contributed by atoms with E-state index in [1.807, 2.05) is 0 Å². The summed E-state index contributed by atoms with van der Waals surface area (Å²) in [7, 11) is 0. The van der Waals surface area contributed by atoms with Gasteiger partial charge in [0.2, 0.25) is 5.91 Å². The second-order valence-electron chi connectivity index (χ2n) is 6.58. The molecule has 7 nitrogen and oxygen atoms in total. The van der Waals surface area contributed by atoms with Crippen molar-refractivity contribution in [3.8, 4) is 0 Å². The maximum Gasteiger partial charge on any atom is 0.271 e. The molecule has 0 heterocycles. The number of hydrogen-bond acceptors (Lipinski definition) is 5. The molecule has 3 aromatic rings. The number of nitro benzene ring substituents is 1. The summed E-state index contributed by atoms with van der Waals surface area (Å²) < 4.78 is 0. The molecular formula is C22H18ClN3O4S. The molecule has 158 valence electrons. The van der Waals surface area contributed by atoms with Crippen LogP contribution in [-0.4, -0.2) is 22.5 Å². The van der Waals surface area contributed by atoms with E-state index in [1.54, 1.807) is 61.5 Å². The van der Waals surface area contributed by atoms with E-state index >= 15 is 0 Å². The quantitative estimate of drug-likeness (QED) is 0.276. The Morgan fingerprint density at radius 3 is 2.45 bits per heavy atom. The summed E-state index contributed by atoms with van der Waals surface area (Å²) in [5, 5.41) is 16.9. The molecule has 0 fully saturated rings. The first-order chi connectivity index (χ1) is 14.8. The van der Waals surface area contributed by atoms with Crippen LogP contribution >= 0.6 is 23.4 Å². The molecule has 2 amide bonds. The highest BCUT2D eigenvalue weighted by molar-refractivity contribution is 8.00. The largest absolute Gasteiger partial charge is 0.325 e. The van der Waals surface area contributed by atoms with Crippen LogP contribution < -0.4 is 10.6 Å². The van der Waals surface area contributed by atoms with Crippen molar-refractivity contribution in [3.05, 3.63) is 93.0 Å². The van der Waals surface area contributed by atoms with Crippen LogP contribution in [-0.2, 0) is 4.79 Å². The molecule has 0 radical (unpaired) electrons. The number of aryl methyl sites for hydroxylation is 1. The number of halogens is 1. The van der Waals surface area contributed by atoms with Gasteiger partial charge in [-0.25, -0.2) is 0 Å². The Morgan fingerprint density at radius 2 is 1.77 bits per heavy atom. The van der Waals surface area contributed by atoms with Crippen LogP contribution in [0.4, 0.5) is 17.1 Å². The van der Waals surface area contributed by atoms with Crippen LogP contribution in [0.2, 0.25) is 5.02 Å². The Bertz CT molecular complexity index is 1140. The van der Waals surface area contributed by atoms with E-state index in [4.69, 9.17) is 11.6 Å². The highest BCUT2D eigenvalue weighted by atomic mass is 35.5. The Labute approximate surface area is 188 Å². The molecule has 0 spiro atoms. The zero-order valence-electron chi connectivity index (χ0n) is 16.4. The summed E-state index contributed by atoms with van der Waals surface area (Å²) in [6.45, 7) is 1.77. The maximum absolute atomic E-state index is 12.3. The molecular weight excluding hydrogens is 438 g/mol. The first-order valence-corrected chi connectivity index (χ1v) is 10.5. The highest BCUT2D eigenvalue weighted by Crippen LogP contribution is 2.24. The number of carbonyl (C=O) groups excluding carboxylic acids is 2. The van der Waals surface area contributed by atoms with Crippen LogP contribution in [0.3, 0.4) is 0 Å². The fraction of sp³-hybridized carbons (Fsp3) is 0.0909. The van der Waals surface area contributed by atoms with Gasteiger partial charge in [-0.2, -0.15) is 0 Å². The van der Waals surface area contributed by atoms with Crippen molar-refractivity contribution >= 4 is 52.2 Å². The van der Waals surface area contributed by atoms with Gasteiger partial charge in [-0.05, 0) is 55.0 Å². The second kappa shape index (κ2) is 10.1. The Kier molecular flexibility index (Phi) is 7.28. The van der Waals surface area contributed by atoms with E-state index in [1.165, 1.54) is 23.9 Å². The molecule has 2 N–H and O–H groups in total. The number of thioether (sulfide) groups is 1. The topological polar surface area (TPSA) is 101 Å². The minimum absolute atomic E-state index is 0.0797. The summed E-state index contributed by atoms with van der Waals surface area (Å²) in [6.07, 6.45) is 0. The Hall–Kier alpha value is -3.36. The molecule has 0 saturated carbocycles. The number of carbonyl (C=O) groups is 2. The third kappa shape index (κ3) is 6.31. The van der Waals surface area contributed by atoms with Crippen LogP contribution in [0.1, 0.15) is 15.9 Å². The van der Waals surface area contributed by atoms with Gasteiger partial charge in [0.15, 0.2) is 0 Å². The summed E-state index contributed by atoms with van der Waals surface area (Å²) in [5.74, 6) is -0.405. The predicted molar refractivity (Wildman–Crippen MR) is 123 cm³/mol. The van der Waals surface area contributed by atoms with E-state index in [2.05, 4.69) is 10.6 Å². The summed E-state index contributed by atoms with van der Waals surface area (Å²) in [5.41, 5.74) is 2.15. The van der Waals surface area contributed by atoms with Gasteiger partial charge in [-0.1, -0.05) is 23.7 Å². The summed E-state index contributed by atoms with van der Waals surface area (Å²) in [4.78, 5) is 35.8. The maximum atomic E-state index is 12.3. The lowest BCUT2D eigenvalue weighted by Crippen LogP contribution is -2.15. The van der Waals surface area contributed by atoms with Crippen molar-refractivity contribution in [1.82, 2.24) is 0 Å². The fourth-order valence-corrected chi connectivity index (χ4v) is 3.55. The average Bonchev–Trinajstić information content (AvgIpc) is 2.74. The van der Waals surface area contributed by atoms with E-state index in [0.717, 1.165) is 10.5 Å². The molecule has 3 rings (SSSR count). The molecule has 0 aliphatic heterocycles. The van der Waals surface area contributed by atoms with E-state index in [0.29, 0.717) is 22.0 Å². The first-order valence-electron chi connectivity index (χ1n) is 9.16. The molecule has 9 heteroatoms. The third-order valence-corrected chi connectivity index (χ3v) is 5.52. The van der Waals surface area contributed by atoms with Crippen LogP contribution in [0.25, 0.3) is 0 Å². The minimum atomic E-state index is -0.503. The highest BCUT2D eigenvalue weighted by Gasteiger charge is 2.12. The zero-order valence-corrected chi connectivity index (χ0v) is 18.0. The number of nitrogens with zero attached hydrogens (tertiary/aromatic N) is 1. The first kappa shape index (κ1) is 22.3. The number of non-ortho nitro benzene ring substituents is 1. The standard InChI is InChI=1S/C22H18ClN3O4S/c1-14-5-8-18(26(29)30)12-20(14)25-21(27)13-31-19-9-6-17(7-10-19)24-22(28)15-3-2-4-16(23)11-15/h2-12H,13H2,1H3,(H,24,28)(H,25,27).